The maximum atomic E-state index is 14.9. The fraction of sp³-hybridized carbons (Fsp3) is 0.286. The molecule has 0 spiro atoms. The molecular formula is C21H22FN7O4. The van der Waals surface area contributed by atoms with Gasteiger partial charge >= 0.3 is 12.1 Å². The summed E-state index contributed by atoms with van der Waals surface area (Å²) >= 11 is 0. The van der Waals surface area contributed by atoms with Crippen molar-refractivity contribution in [3.8, 4) is 11.1 Å². The zero-order chi connectivity index (χ0) is 23.5. The van der Waals surface area contributed by atoms with Gasteiger partial charge in [0.15, 0.2) is 0 Å². The van der Waals surface area contributed by atoms with E-state index >= 15 is 0 Å². The highest BCUT2D eigenvalue weighted by Crippen LogP contribution is 2.29. The van der Waals surface area contributed by atoms with Gasteiger partial charge < -0.3 is 20.7 Å². The molecular weight excluding hydrogens is 433 g/mol. The van der Waals surface area contributed by atoms with Crippen LogP contribution < -0.4 is 20.9 Å². The van der Waals surface area contributed by atoms with Crippen LogP contribution in [0.5, 0.6) is 0 Å². The number of anilines is 2. The molecule has 3 N–H and O–H groups in total. The van der Waals surface area contributed by atoms with E-state index < -0.39 is 24.0 Å². The van der Waals surface area contributed by atoms with Gasteiger partial charge in [0.2, 0.25) is 5.91 Å². The number of ether oxygens (including phenoxy) is 1. The fourth-order valence-electron chi connectivity index (χ4n) is 3.50. The molecule has 1 aromatic heterocycles. The number of nitrogens with two attached hydrogens (primary N) is 1. The van der Waals surface area contributed by atoms with Gasteiger partial charge in [-0.2, -0.15) is 5.10 Å². The summed E-state index contributed by atoms with van der Waals surface area (Å²) in [5, 5.41) is 7.71. The molecule has 4 amide bonds. The van der Waals surface area contributed by atoms with Crippen LogP contribution in [-0.2, 0) is 9.53 Å². The lowest BCUT2D eigenvalue weighted by atomic mass is 10.1. The Morgan fingerprint density at radius 2 is 2.09 bits per heavy atom. The molecule has 1 saturated heterocycles. The molecule has 0 bridgehead atoms. The molecule has 0 aliphatic carbocycles. The first-order valence-electron chi connectivity index (χ1n) is 10.2. The normalized spacial score (nSPS) is 17.8. The van der Waals surface area contributed by atoms with E-state index in [-0.39, 0.29) is 19.0 Å². The molecule has 1 atom stereocenters. The number of rotatable bonds is 5. The molecule has 11 nitrogen and oxygen atoms in total. The Kier molecular flexibility index (Phi) is 6.07. The number of benzene rings is 1. The first-order chi connectivity index (χ1) is 15.8. The van der Waals surface area contributed by atoms with Crippen molar-refractivity contribution >= 4 is 35.9 Å². The standard InChI is InChI=1S/C21H22FN7O4/c1-13(30)24-10-16-11-28(21(32)33-16)15-3-4-17(18(22)8-15)14-2-5-19(25-9-14)27-6-7-29(20(23)31)26-12-27/h2-5,8-9,12,16H,6-7,10-11H2,1H3,(H2,23,31)(H,24,30). The molecule has 0 saturated carbocycles. The van der Waals surface area contributed by atoms with E-state index in [0.717, 1.165) is 5.01 Å². The first kappa shape index (κ1) is 22.0. The number of pyridine rings is 1. The van der Waals surface area contributed by atoms with E-state index in [9.17, 15) is 18.8 Å². The van der Waals surface area contributed by atoms with E-state index in [2.05, 4.69) is 15.4 Å². The fourth-order valence-corrected chi connectivity index (χ4v) is 3.50. The van der Waals surface area contributed by atoms with Gasteiger partial charge in [-0.05, 0) is 30.3 Å². The summed E-state index contributed by atoms with van der Waals surface area (Å²) in [6.07, 6.45) is 1.89. The molecule has 1 unspecified atom stereocenters. The summed E-state index contributed by atoms with van der Waals surface area (Å²) in [4.78, 5) is 41.8. The number of hydrogen-bond acceptors (Lipinski definition) is 7. The Morgan fingerprint density at radius 1 is 1.27 bits per heavy atom. The van der Waals surface area contributed by atoms with E-state index in [1.54, 1.807) is 29.2 Å². The Bertz CT molecular complexity index is 1110. The minimum atomic E-state index is -0.626. The molecule has 172 valence electrons. The summed E-state index contributed by atoms with van der Waals surface area (Å²) in [7, 11) is 0. The van der Waals surface area contributed by atoms with Gasteiger partial charge in [0.1, 0.15) is 24.1 Å². The third-order valence-corrected chi connectivity index (χ3v) is 5.21. The van der Waals surface area contributed by atoms with Crippen LogP contribution in [0.2, 0.25) is 0 Å². The van der Waals surface area contributed by atoms with Crippen LogP contribution >= 0.6 is 0 Å². The number of aromatic nitrogens is 1. The third kappa shape index (κ3) is 4.84. The van der Waals surface area contributed by atoms with Gasteiger partial charge in [-0.3, -0.25) is 9.69 Å². The number of amides is 4. The van der Waals surface area contributed by atoms with E-state index in [1.807, 2.05) is 0 Å². The van der Waals surface area contributed by atoms with Crippen molar-refractivity contribution in [2.24, 2.45) is 10.8 Å². The number of cyclic esters (lactones) is 1. The van der Waals surface area contributed by atoms with E-state index in [1.165, 1.54) is 30.4 Å². The average Bonchev–Trinajstić information content (AvgIpc) is 3.18. The van der Waals surface area contributed by atoms with Crippen molar-refractivity contribution < 1.29 is 23.5 Å². The molecule has 4 rings (SSSR count). The van der Waals surface area contributed by atoms with Gasteiger partial charge in [-0.1, -0.05) is 0 Å². The maximum Gasteiger partial charge on any atom is 0.414 e. The lowest BCUT2D eigenvalue weighted by molar-refractivity contribution is -0.119. The van der Waals surface area contributed by atoms with Gasteiger partial charge in [0, 0.05) is 30.8 Å². The minimum Gasteiger partial charge on any atom is -0.442 e. The van der Waals surface area contributed by atoms with Crippen LogP contribution in [0.1, 0.15) is 6.92 Å². The number of carbonyl (C=O) groups excluding carboxylic acids is 3. The number of nitrogens with one attached hydrogen (secondary N) is 1. The Hall–Kier alpha value is -4.22. The quantitative estimate of drug-likeness (QED) is 0.702. The van der Waals surface area contributed by atoms with Crippen LogP contribution in [0, 0.1) is 5.82 Å². The SMILES string of the molecule is CC(=O)NCC1CN(c2ccc(-c3ccc(N4C=NN(C(N)=O)CC4)nc3)c(F)c2)C(=O)O1. The van der Waals surface area contributed by atoms with Crippen LogP contribution in [0.15, 0.2) is 41.6 Å². The molecule has 3 heterocycles. The van der Waals surface area contributed by atoms with Crippen LogP contribution in [-0.4, -0.2) is 66.6 Å². The molecule has 33 heavy (non-hydrogen) atoms. The molecule has 2 aromatic rings. The number of urea groups is 1. The van der Waals surface area contributed by atoms with E-state index in [4.69, 9.17) is 10.5 Å². The zero-order valence-corrected chi connectivity index (χ0v) is 17.8. The molecule has 1 fully saturated rings. The number of carbonyl (C=O) groups is 3. The topological polar surface area (TPSA) is 133 Å². The highest BCUT2D eigenvalue weighted by molar-refractivity contribution is 5.90. The summed E-state index contributed by atoms with van der Waals surface area (Å²) in [6.45, 7) is 2.57. The van der Waals surface area contributed by atoms with Crippen molar-refractivity contribution in [2.75, 3.05) is 36.0 Å². The molecule has 2 aliphatic rings. The zero-order valence-electron chi connectivity index (χ0n) is 17.8. The van der Waals surface area contributed by atoms with E-state index in [0.29, 0.717) is 35.7 Å². The minimum absolute atomic E-state index is 0.193. The van der Waals surface area contributed by atoms with Crippen LogP contribution in [0.25, 0.3) is 11.1 Å². The summed E-state index contributed by atoms with van der Waals surface area (Å²) in [5.74, 6) is -0.148. The second-order valence-corrected chi connectivity index (χ2v) is 7.51. The second-order valence-electron chi connectivity index (χ2n) is 7.51. The van der Waals surface area contributed by atoms with Crippen molar-refractivity contribution in [1.29, 1.82) is 0 Å². The number of hydrazone groups is 1. The predicted molar refractivity (Wildman–Crippen MR) is 118 cm³/mol. The van der Waals surface area contributed by atoms with Gasteiger partial charge in [-0.15, -0.1) is 0 Å². The summed E-state index contributed by atoms with van der Waals surface area (Å²) in [6, 6.07) is 7.29. The predicted octanol–water partition coefficient (Wildman–Crippen LogP) is 1.49. The third-order valence-electron chi connectivity index (χ3n) is 5.21. The van der Waals surface area contributed by atoms with Gasteiger partial charge in [-0.25, -0.2) is 24.0 Å². The van der Waals surface area contributed by atoms with Crippen molar-refractivity contribution in [3.63, 3.8) is 0 Å². The number of hydrogen-bond donors (Lipinski definition) is 2. The average molecular weight is 455 g/mol. The highest BCUT2D eigenvalue weighted by Gasteiger charge is 2.32. The van der Waals surface area contributed by atoms with Gasteiger partial charge in [0.25, 0.3) is 0 Å². The summed E-state index contributed by atoms with van der Waals surface area (Å²) < 4.78 is 20.1. The number of primary amides is 1. The Balaban J connectivity index is 1.45. The largest absolute Gasteiger partial charge is 0.442 e. The number of halogens is 1. The molecule has 0 radical (unpaired) electrons. The first-order valence-corrected chi connectivity index (χ1v) is 10.2. The smallest absolute Gasteiger partial charge is 0.414 e. The number of nitrogens with zero attached hydrogens (tertiary/aromatic N) is 5. The van der Waals surface area contributed by atoms with Gasteiger partial charge in [0.05, 0.1) is 25.3 Å². The lowest BCUT2D eigenvalue weighted by Gasteiger charge is -2.26. The van der Waals surface area contributed by atoms with Crippen molar-refractivity contribution in [2.45, 2.75) is 13.0 Å². The Morgan fingerprint density at radius 3 is 2.70 bits per heavy atom. The Labute approximate surface area is 188 Å². The maximum absolute atomic E-state index is 14.9. The second kappa shape index (κ2) is 9.10. The molecule has 1 aromatic carbocycles. The molecule has 12 heteroatoms. The van der Waals surface area contributed by atoms with Crippen molar-refractivity contribution in [1.82, 2.24) is 15.3 Å². The van der Waals surface area contributed by atoms with Crippen molar-refractivity contribution in [3.05, 3.63) is 42.3 Å². The lowest BCUT2D eigenvalue weighted by Crippen LogP contribution is -2.43. The highest BCUT2D eigenvalue weighted by atomic mass is 19.1. The molecule has 2 aliphatic heterocycles. The van der Waals surface area contributed by atoms with Crippen LogP contribution in [0.4, 0.5) is 25.5 Å². The monoisotopic (exact) mass is 455 g/mol. The van der Waals surface area contributed by atoms with Crippen LogP contribution in [0.3, 0.4) is 0 Å². The summed E-state index contributed by atoms with van der Waals surface area (Å²) in [5.41, 5.74) is 6.44.